The molecule has 0 saturated carbocycles. The first kappa shape index (κ1) is 20.3. The molecule has 0 unspecified atom stereocenters. The number of imidazole rings is 1. The molecule has 1 aromatic carbocycles. The van der Waals surface area contributed by atoms with Crippen LogP contribution in [0, 0.1) is 6.92 Å². The Kier molecular flexibility index (Phi) is 5.54. The van der Waals surface area contributed by atoms with Gasteiger partial charge in [-0.25, -0.2) is 14.6 Å². The smallest absolute Gasteiger partial charge is 0.151 e. The number of rotatable bonds is 6. The lowest BCUT2D eigenvalue weighted by molar-refractivity contribution is 0.412. The summed E-state index contributed by atoms with van der Waals surface area (Å²) < 4.78 is 10.5. The third-order valence-corrected chi connectivity index (χ3v) is 7.07. The Labute approximate surface area is 190 Å². The summed E-state index contributed by atoms with van der Waals surface area (Å²) >= 11 is 7.81. The van der Waals surface area contributed by atoms with Crippen LogP contribution >= 0.6 is 22.9 Å². The van der Waals surface area contributed by atoms with Crippen molar-refractivity contribution in [2.24, 2.45) is 0 Å². The highest BCUT2D eigenvalue weighted by atomic mass is 35.5. The third-order valence-electron chi connectivity index (χ3n) is 5.73. The summed E-state index contributed by atoms with van der Waals surface area (Å²) in [6.45, 7) is 2.91. The molecule has 3 aromatic heterocycles. The van der Waals surface area contributed by atoms with Crippen LogP contribution in [0.25, 0.3) is 5.69 Å². The van der Waals surface area contributed by atoms with E-state index in [1.165, 1.54) is 10.4 Å². The maximum Gasteiger partial charge on any atom is 0.151 e. The summed E-state index contributed by atoms with van der Waals surface area (Å²) in [5.41, 5.74) is 3.16. The molecule has 0 spiro atoms. The van der Waals surface area contributed by atoms with Crippen LogP contribution in [0.1, 0.15) is 46.5 Å². The second kappa shape index (κ2) is 8.48. The molecule has 0 radical (unpaired) electrons. The van der Waals surface area contributed by atoms with Gasteiger partial charge in [0.05, 0.1) is 35.1 Å². The van der Waals surface area contributed by atoms with E-state index in [4.69, 9.17) is 26.4 Å². The number of methoxy groups -OCH3 is 1. The fourth-order valence-corrected chi connectivity index (χ4v) is 5.38. The summed E-state index contributed by atoms with van der Waals surface area (Å²) in [6.07, 6.45) is 7.67. The van der Waals surface area contributed by atoms with E-state index < -0.39 is 0 Å². The monoisotopic (exact) mass is 453 g/mol. The number of benzene rings is 1. The minimum Gasteiger partial charge on any atom is -0.495 e. The minimum atomic E-state index is 0.297. The summed E-state index contributed by atoms with van der Waals surface area (Å²) in [7, 11) is 1.70. The van der Waals surface area contributed by atoms with E-state index in [9.17, 15) is 0 Å². The number of thiophene rings is 1. The fourth-order valence-electron chi connectivity index (χ4n) is 4.19. The van der Waals surface area contributed by atoms with E-state index >= 15 is 0 Å². The molecular weight excluding hydrogens is 430 g/mol. The normalized spacial score (nSPS) is 15.8. The zero-order valence-corrected chi connectivity index (χ0v) is 19.2. The van der Waals surface area contributed by atoms with Crippen LogP contribution in [-0.2, 0) is 19.4 Å². The Bertz CT molecular complexity index is 1210. The van der Waals surface area contributed by atoms with Crippen molar-refractivity contribution >= 4 is 22.9 Å². The van der Waals surface area contributed by atoms with Crippen LogP contribution in [0.5, 0.6) is 5.75 Å². The van der Waals surface area contributed by atoms with Crippen molar-refractivity contribution in [2.75, 3.05) is 7.11 Å². The van der Waals surface area contributed by atoms with Gasteiger partial charge in [-0.05, 0) is 56.0 Å². The average Bonchev–Trinajstić information content (AvgIpc) is 3.51. The lowest BCUT2D eigenvalue weighted by atomic mass is 9.97. The van der Waals surface area contributed by atoms with Crippen LogP contribution < -0.4 is 4.74 Å². The molecule has 0 fully saturated rings. The van der Waals surface area contributed by atoms with E-state index in [-0.39, 0.29) is 0 Å². The molecule has 1 aliphatic heterocycles. The van der Waals surface area contributed by atoms with Gasteiger partial charge in [0.15, 0.2) is 5.82 Å². The number of hydrogen-bond donors (Lipinski definition) is 0. The standard InChI is InChI=1S/C23H24ClN5OS/c1-15-13-28(14-25-15)18-7-5-16(12-19(18)30-2)6-10-22-26-23-17(4-3-11-29(23)27-22)20-8-9-21(24)31-20/h5,7-9,12-14,17H,3-4,6,10-11H2,1-2H3/t17-/m0/s1. The highest BCUT2D eigenvalue weighted by molar-refractivity contribution is 7.16. The Morgan fingerprint density at radius 3 is 2.87 bits per heavy atom. The zero-order chi connectivity index (χ0) is 21.4. The molecule has 0 N–H and O–H groups in total. The number of fused-ring (bicyclic) bond motifs is 1. The Balaban J connectivity index is 1.33. The molecule has 31 heavy (non-hydrogen) atoms. The van der Waals surface area contributed by atoms with Crippen molar-refractivity contribution in [3.8, 4) is 11.4 Å². The van der Waals surface area contributed by atoms with Crippen LogP contribution in [0.15, 0.2) is 42.9 Å². The van der Waals surface area contributed by atoms with Crippen LogP contribution in [0.4, 0.5) is 0 Å². The van der Waals surface area contributed by atoms with Crippen LogP contribution in [0.2, 0.25) is 4.34 Å². The molecule has 8 heteroatoms. The molecule has 160 valence electrons. The Hall–Kier alpha value is -2.64. The molecule has 6 nitrogen and oxygen atoms in total. The maximum absolute atomic E-state index is 6.17. The molecule has 0 bridgehead atoms. The number of halogens is 1. The summed E-state index contributed by atoms with van der Waals surface area (Å²) in [5, 5.41) is 4.79. The quantitative estimate of drug-likeness (QED) is 0.402. The highest BCUT2D eigenvalue weighted by Crippen LogP contribution is 2.37. The summed E-state index contributed by atoms with van der Waals surface area (Å²) in [4.78, 5) is 10.5. The summed E-state index contributed by atoms with van der Waals surface area (Å²) in [5.74, 6) is 3.10. The van der Waals surface area contributed by atoms with E-state index in [0.717, 1.165) is 65.3 Å². The first-order valence-corrected chi connectivity index (χ1v) is 11.7. The van der Waals surface area contributed by atoms with E-state index in [0.29, 0.717) is 5.92 Å². The first-order valence-electron chi connectivity index (χ1n) is 10.5. The SMILES string of the molecule is COc1cc(CCc2nc3n(n2)CCC[C@H]3c2ccc(Cl)s2)ccc1-n1cnc(C)c1. The molecule has 1 atom stereocenters. The number of aromatic nitrogens is 5. The van der Waals surface area contributed by atoms with E-state index in [1.54, 1.807) is 18.4 Å². The number of nitrogens with zero attached hydrogens (tertiary/aromatic N) is 5. The van der Waals surface area contributed by atoms with E-state index in [2.05, 4.69) is 33.9 Å². The molecular formula is C23H24ClN5OS. The summed E-state index contributed by atoms with van der Waals surface area (Å²) in [6, 6.07) is 10.4. The Morgan fingerprint density at radius 1 is 1.23 bits per heavy atom. The van der Waals surface area contributed by atoms with Gasteiger partial charge in [-0.1, -0.05) is 17.7 Å². The largest absolute Gasteiger partial charge is 0.495 e. The Morgan fingerprint density at radius 2 is 2.13 bits per heavy atom. The molecule has 0 amide bonds. The molecule has 1 aliphatic rings. The number of ether oxygens (including phenoxy) is 1. The second-order valence-corrected chi connectivity index (χ2v) is 9.62. The minimum absolute atomic E-state index is 0.297. The molecule has 4 aromatic rings. The average molecular weight is 454 g/mol. The highest BCUT2D eigenvalue weighted by Gasteiger charge is 2.26. The lowest BCUT2D eigenvalue weighted by Gasteiger charge is -2.20. The molecule has 5 rings (SSSR count). The lowest BCUT2D eigenvalue weighted by Crippen LogP contribution is -2.17. The van der Waals surface area contributed by atoms with E-state index in [1.807, 2.05) is 30.1 Å². The first-order chi connectivity index (χ1) is 15.1. The predicted octanol–water partition coefficient (Wildman–Crippen LogP) is 5.21. The van der Waals surface area contributed by atoms with Gasteiger partial charge in [0.1, 0.15) is 11.6 Å². The van der Waals surface area contributed by atoms with Gasteiger partial charge < -0.3 is 9.30 Å². The fraction of sp³-hybridized carbons (Fsp3) is 0.348. The number of hydrogen-bond acceptors (Lipinski definition) is 5. The molecule has 0 saturated heterocycles. The van der Waals surface area contributed by atoms with Gasteiger partial charge in [0, 0.05) is 24.0 Å². The van der Waals surface area contributed by atoms with Gasteiger partial charge in [-0.3, -0.25) is 0 Å². The van der Waals surface area contributed by atoms with Gasteiger partial charge in [0.2, 0.25) is 0 Å². The van der Waals surface area contributed by atoms with Gasteiger partial charge in [-0.2, -0.15) is 5.10 Å². The van der Waals surface area contributed by atoms with Crippen molar-refractivity contribution in [2.45, 2.75) is 45.1 Å². The van der Waals surface area contributed by atoms with Crippen LogP contribution in [0.3, 0.4) is 0 Å². The van der Waals surface area contributed by atoms with Crippen molar-refractivity contribution in [3.05, 3.63) is 75.0 Å². The van der Waals surface area contributed by atoms with Gasteiger partial charge >= 0.3 is 0 Å². The number of aryl methyl sites for hydroxylation is 4. The second-order valence-electron chi connectivity index (χ2n) is 7.87. The van der Waals surface area contributed by atoms with Crippen molar-refractivity contribution in [1.29, 1.82) is 0 Å². The van der Waals surface area contributed by atoms with Crippen LogP contribution in [-0.4, -0.2) is 31.4 Å². The predicted molar refractivity (Wildman–Crippen MR) is 123 cm³/mol. The third kappa shape index (κ3) is 4.12. The van der Waals surface area contributed by atoms with Crippen molar-refractivity contribution in [3.63, 3.8) is 0 Å². The van der Waals surface area contributed by atoms with Gasteiger partial charge in [-0.15, -0.1) is 11.3 Å². The molecule has 4 heterocycles. The van der Waals surface area contributed by atoms with Gasteiger partial charge in [0.25, 0.3) is 0 Å². The topological polar surface area (TPSA) is 57.8 Å². The molecule has 0 aliphatic carbocycles. The zero-order valence-electron chi connectivity index (χ0n) is 17.6. The maximum atomic E-state index is 6.17. The van der Waals surface area contributed by atoms with Crippen molar-refractivity contribution in [1.82, 2.24) is 24.3 Å². The van der Waals surface area contributed by atoms with Crippen molar-refractivity contribution < 1.29 is 4.74 Å².